The highest BCUT2D eigenvalue weighted by Gasteiger charge is 2.16. The quantitative estimate of drug-likeness (QED) is 0.850. The minimum Gasteiger partial charge on any atom is -0.377 e. The van der Waals surface area contributed by atoms with Crippen molar-refractivity contribution in [2.45, 2.75) is 30.2 Å². The fourth-order valence-electron chi connectivity index (χ4n) is 2.02. The summed E-state index contributed by atoms with van der Waals surface area (Å²) in [7, 11) is 0. The van der Waals surface area contributed by atoms with E-state index in [1.54, 1.807) is 23.1 Å². The number of nitrogens with zero attached hydrogens (tertiary/aromatic N) is 2. The molecule has 1 atom stereocenters. The van der Waals surface area contributed by atoms with Gasteiger partial charge in [-0.3, -0.25) is 0 Å². The van der Waals surface area contributed by atoms with Gasteiger partial charge in [-0.25, -0.2) is 0 Å². The Labute approximate surface area is 127 Å². The monoisotopic (exact) mass is 307 g/mol. The molecule has 0 amide bonds. The first-order chi connectivity index (χ1) is 9.79. The number of aromatic nitrogens is 2. The van der Waals surface area contributed by atoms with Crippen LogP contribution in [0.15, 0.2) is 28.6 Å². The molecule has 6 heteroatoms. The number of thioether (sulfide) groups is 1. The number of aryl methyl sites for hydroxylation is 1. The first-order valence-corrected chi connectivity index (χ1v) is 8.51. The van der Waals surface area contributed by atoms with Crippen LogP contribution in [0, 0.1) is 6.92 Å². The van der Waals surface area contributed by atoms with Crippen LogP contribution in [0.1, 0.15) is 18.4 Å². The van der Waals surface area contributed by atoms with Crippen molar-refractivity contribution >= 4 is 33.9 Å². The van der Waals surface area contributed by atoms with E-state index in [1.165, 1.54) is 18.4 Å². The van der Waals surface area contributed by atoms with Gasteiger partial charge in [0, 0.05) is 18.0 Å². The highest BCUT2D eigenvalue weighted by molar-refractivity contribution is 8.01. The molecule has 1 aliphatic heterocycles. The summed E-state index contributed by atoms with van der Waals surface area (Å²) in [5, 5.41) is 12.5. The summed E-state index contributed by atoms with van der Waals surface area (Å²) in [5.74, 6) is 0.971. The summed E-state index contributed by atoms with van der Waals surface area (Å²) in [6.45, 7) is 2.98. The summed E-state index contributed by atoms with van der Waals surface area (Å²) in [6, 6.07) is 8.26. The average Bonchev–Trinajstić information content (AvgIpc) is 3.10. The Bertz CT molecular complexity index is 550. The zero-order chi connectivity index (χ0) is 13.8. The molecule has 4 nitrogen and oxygen atoms in total. The van der Waals surface area contributed by atoms with Gasteiger partial charge in [0.05, 0.1) is 6.10 Å². The Balaban J connectivity index is 1.54. The molecule has 1 fully saturated rings. The number of nitrogens with one attached hydrogen (secondary N) is 1. The summed E-state index contributed by atoms with van der Waals surface area (Å²) < 4.78 is 6.60. The molecule has 1 aliphatic rings. The lowest BCUT2D eigenvalue weighted by atomic mass is 10.2. The predicted octanol–water partition coefficient (Wildman–Crippen LogP) is 3.86. The normalized spacial score (nSPS) is 18.4. The molecule has 20 heavy (non-hydrogen) atoms. The van der Waals surface area contributed by atoms with E-state index in [1.807, 2.05) is 0 Å². The number of ether oxygens (including phenoxy) is 1. The van der Waals surface area contributed by atoms with Crippen LogP contribution in [0.4, 0.5) is 10.8 Å². The predicted molar refractivity (Wildman–Crippen MR) is 84.1 cm³/mol. The first-order valence-electron chi connectivity index (χ1n) is 6.71. The maximum Gasteiger partial charge on any atom is 0.210 e. The maximum absolute atomic E-state index is 5.61. The van der Waals surface area contributed by atoms with Gasteiger partial charge in [-0.15, -0.1) is 10.2 Å². The van der Waals surface area contributed by atoms with E-state index in [4.69, 9.17) is 4.74 Å². The van der Waals surface area contributed by atoms with E-state index in [9.17, 15) is 0 Å². The Kier molecular flexibility index (Phi) is 4.54. The maximum atomic E-state index is 5.61. The first kappa shape index (κ1) is 13.9. The third-order valence-electron chi connectivity index (χ3n) is 3.13. The zero-order valence-electron chi connectivity index (χ0n) is 11.3. The number of hydrogen-bond acceptors (Lipinski definition) is 6. The second kappa shape index (κ2) is 6.56. The van der Waals surface area contributed by atoms with Crippen LogP contribution in [-0.2, 0) is 4.74 Å². The topological polar surface area (TPSA) is 47.0 Å². The van der Waals surface area contributed by atoms with Crippen molar-refractivity contribution in [1.82, 2.24) is 10.2 Å². The van der Waals surface area contributed by atoms with E-state index in [-0.39, 0.29) is 0 Å². The van der Waals surface area contributed by atoms with Gasteiger partial charge in [-0.1, -0.05) is 40.8 Å². The second-order valence-electron chi connectivity index (χ2n) is 4.81. The standard InChI is InChI=1S/C14H17N3OS2/c1-10-4-6-11(7-5-10)15-13-16-17-14(20-13)19-9-12-3-2-8-18-12/h4-7,12H,2-3,8-9H2,1H3,(H,15,16)/t12-/m0/s1. The molecule has 3 rings (SSSR count). The van der Waals surface area contributed by atoms with Crippen LogP contribution in [0.25, 0.3) is 0 Å². The molecule has 0 saturated carbocycles. The third kappa shape index (κ3) is 3.71. The van der Waals surface area contributed by atoms with Gasteiger partial charge in [0.15, 0.2) is 4.34 Å². The summed E-state index contributed by atoms with van der Waals surface area (Å²) in [6.07, 6.45) is 2.74. The van der Waals surface area contributed by atoms with Crippen LogP contribution < -0.4 is 5.32 Å². The Hall–Kier alpha value is -1.11. The van der Waals surface area contributed by atoms with Crippen molar-refractivity contribution in [2.75, 3.05) is 17.7 Å². The molecular weight excluding hydrogens is 290 g/mol. The lowest BCUT2D eigenvalue weighted by molar-refractivity contribution is 0.129. The smallest absolute Gasteiger partial charge is 0.210 e. The molecule has 0 spiro atoms. The van der Waals surface area contributed by atoms with Gasteiger partial charge < -0.3 is 10.1 Å². The van der Waals surface area contributed by atoms with E-state index in [0.29, 0.717) is 6.10 Å². The van der Waals surface area contributed by atoms with E-state index in [0.717, 1.165) is 27.5 Å². The van der Waals surface area contributed by atoms with Crippen LogP contribution in [0.2, 0.25) is 0 Å². The fraction of sp³-hybridized carbons (Fsp3) is 0.429. The van der Waals surface area contributed by atoms with Crippen LogP contribution >= 0.6 is 23.1 Å². The average molecular weight is 307 g/mol. The Morgan fingerprint density at radius 3 is 2.95 bits per heavy atom. The molecule has 1 aromatic heterocycles. The number of benzene rings is 1. The molecule has 0 bridgehead atoms. The summed E-state index contributed by atoms with van der Waals surface area (Å²) in [5.41, 5.74) is 2.29. The molecule has 106 valence electrons. The number of hydrogen-bond donors (Lipinski definition) is 1. The SMILES string of the molecule is Cc1ccc(Nc2nnc(SC[C@@H]3CCCO3)s2)cc1. The molecule has 2 heterocycles. The summed E-state index contributed by atoms with van der Waals surface area (Å²) >= 11 is 3.32. The Morgan fingerprint density at radius 1 is 1.35 bits per heavy atom. The van der Waals surface area contributed by atoms with E-state index >= 15 is 0 Å². The molecule has 0 radical (unpaired) electrons. The summed E-state index contributed by atoms with van der Waals surface area (Å²) in [4.78, 5) is 0. The molecule has 1 aromatic carbocycles. The van der Waals surface area contributed by atoms with Crippen LogP contribution in [-0.4, -0.2) is 28.7 Å². The number of rotatable bonds is 5. The van der Waals surface area contributed by atoms with Crippen molar-refractivity contribution < 1.29 is 4.74 Å². The molecule has 0 unspecified atom stereocenters. The van der Waals surface area contributed by atoms with E-state index in [2.05, 4.69) is 46.7 Å². The lowest BCUT2D eigenvalue weighted by Crippen LogP contribution is -2.07. The van der Waals surface area contributed by atoms with Gasteiger partial charge in [0.2, 0.25) is 5.13 Å². The molecule has 1 N–H and O–H groups in total. The van der Waals surface area contributed by atoms with Crippen LogP contribution in [0.5, 0.6) is 0 Å². The van der Waals surface area contributed by atoms with Crippen molar-refractivity contribution in [3.8, 4) is 0 Å². The minimum atomic E-state index is 0.386. The van der Waals surface area contributed by atoms with Gasteiger partial charge in [-0.05, 0) is 31.9 Å². The van der Waals surface area contributed by atoms with Crippen molar-refractivity contribution in [3.05, 3.63) is 29.8 Å². The molecule has 2 aromatic rings. The number of anilines is 2. The third-order valence-corrected chi connectivity index (χ3v) is 5.23. The van der Waals surface area contributed by atoms with Crippen molar-refractivity contribution in [3.63, 3.8) is 0 Å². The van der Waals surface area contributed by atoms with E-state index < -0.39 is 0 Å². The second-order valence-corrected chi connectivity index (χ2v) is 7.05. The highest BCUT2D eigenvalue weighted by atomic mass is 32.2. The van der Waals surface area contributed by atoms with Gasteiger partial charge in [0.1, 0.15) is 0 Å². The van der Waals surface area contributed by atoms with Gasteiger partial charge in [-0.2, -0.15) is 0 Å². The Morgan fingerprint density at radius 2 is 2.20 bits per heavy atom. The molecule has 0 aliphatic carbocycles. The lowest BCUT2D eigenvalue weighted by Gasteiger charge is -2.05. The van der Waals surface area contributed by atoms with Crippen LogP contribution in [0.3, 0.4) is 0 Å². The fourth-order valence-corrected chi connectivity index (χ4v) is 3.88. The van der Waals surface area contributed by atoms with Gasteiger partial charge >= 0.3 is 0 Å². The molecular formula is C14H17N3OS2. The zero-order valence-corrected chi connectivity index (χ0v) is 13.0. The highest BCUT2D eigenvalue weighted by Crippen LogP contribution is 2.29. The largest absolute Gasteiger partial charge is 0.377 e. The van der Waals surface area contributed by atoms with Gasteiger partial charge in [0.25, 0.3) is 0 Å². The van der Waals surface area contributed by atoms with Crippen molar-refractivity contribution in [1.29, 1.82) is 0 Å². The van der Waals surface area contributed by atoms with Crippen molar-refractivity contribution in [2.24, 2.45) is 0 Å². The minimum absolute atomic E-state index is 0.386. The molecule has 1 saturated heterocycles.